The van der Waals surface area contributed by atoms with Crippen molar-refractivity contribution in [3.63, 3.8) is 0 Å². The Morgan fingerprint density at radius 2 is 2.06 bits per heavy atom. The molecule has 5 heteroatoms. The highest BCUT2D eigenvalue weighted by molar-refractivity contribution is 5.86. The second kappa shape index (κ2) is 4.39. The zero-order chi connectivity index (χ0) is 12.6. The second-order valence-corrected chi connectivity index (χ2v) is 5.48. The minimum atomic E-state index is -0.618. The largest absolute Gasteiger partial charge is 0.332 e. The van der Waals surface area contributed by atoms with Crippen molar-refractivity contribution in [1.82, 2.24) is 14.5 Å². The Balaban J connectivity index is 1.74. The molecule has 1 aliphatic heterocycles. The van der Waals surface area contributed by atoms with E-state index in [1.807, 2.05) is 11.1 Å². The monoisotopic (exact) mass is 248 g/mol. The first-order valence-corrected chi connectivity index (χ1v) is 6.77. The first kappa shape index (κ1) is 11.7. The molecule has 1 aromatic rings. The van der Waals surface area contributed by atoms with Gasteiger partial charge in [-0.25, -0.2) is 4.98 Å². The number of amides is 1. The molecule has 1 aliphatic carbocycles. The molecule has 98 valence electrons. The Labute approximate surface area is 107 Å². The van der Waals surface area contributed by atoms with Gasteiger partial charge in [-0.1, -0.05) is 19.3 Å². The van der Waals surface area contributed by atoms with E-state index in [0.29, 0.717) is 6.54 Å². The van der Waals surface area contributed by atoms with E-state index in [-0.39, 0.29) is 5.91 Å². The third kappa shape index (κ3) is 1.92. The highest BCUT2D eigenvalue weighted by Crippen LogP contribution is 2.28. The first-order chi connectivity index (χ1) is 8.69. The van der Waals surface area contributed by atoms with Crippen molar-refractivity contribution in [3.05, 3.63) is 18.2 Å². The lowest BCUT2D eigenvalue weighted by atomic mass is 9.81. The number of fused-ring (bicyclic) bond motifs is 1. The molecule has 0 aromatic carbocycles. The van der Waals surface area contributed by atoms with Crippen molar-refractivity contribution in [1.29, 1.82) is 0 Å². The van der Waals surface area contributed by atoms with E-state index in [9.17, 15) is 4.79 Å². The van der Waals surface area contributed by atoms with E-state index in [4.69, 9.17) is 5.73 Å². The summed E-state index contributed by atoms with van der Waals surface area (Å²) in [5.41, 5.74) is 5.69. The number of rotatable bonds is 1. The minimum Gasteiger partial charge on any atom is -0.332 e. The number of hydrogen-bond donors (Lipinski definition) is 1. The van der Waals surface area contributed by atoms with Gasteiger partial charge >= 0.3 is 0 Å². The molecule has 5 nitrogen and oxygen atoms in total. The molecule has 0 radical (unpaired) electrons. The Hall–Kier alpha value is -1.36. The lowest BCUT2D eigenvalue weighted by Crippen LogP contribution is -2.57. The number of aromatic nitrogens is 2. The van der Waals surface area contributed by atoms with Gasteiger partial charge in [0.15, 0.2) is 0 Å². The van der Waals surface area contributed by atoms with E-state index < -0.39 is 5.54 Å². The third-order valence-corrected chi connectivity index (χ3v) is 4.20. The Morgan fingerprint density at radius 1 is 1.28 bits per heavy atom. The average Bonchev–Trinajstić information content (AvgIpc) is 2.86. The number of nitrogens with zero attached hydrogens (tertiary/aromatic N) is 3. The van der Waals surface area contributed by atoms with Crippen molar-refractivity contribution >= 4 is 5.91 Å². The van der Waals surface area contributed by atoms with Crippen molar-refractivity contribution in [2.24, 2.45) is 5.73 Å². The SMILES string of the molecule is NC1(C(=O)N2CCn3ccnc3C2)CCCCC1. The second-order valence-electron chi connectivity index (χ2n) is 5.48. The standard InChI is InChI=1S/C13H20N4O/c14-13(4-2-1-3-5-13)12(18)17-9-8-16-7-6-15-11(16)10-17/h6-7H,1-5,8-10,14H2. The van der Waals surface area contributed by atoms with E-state index in [1.165, 1.54) is 6.42 Å². The Kier molecular flexibility index (Phi) is 2.86. The van der Waals surface area contributed by atoms with E-state index in [2.05, 4.69) is 9.55 Å². The summed E-state index contributed by atoms with van der Waals surface area (Å²) in [7, 11) is 0. The van der Waals surface area contributed by atoms with Gasteiger partial charge in [0.25, 0.3) is 0 Å². The lowest BCUT2D eigenvalue weighted by Gasteiger charge is -2.38. The van der Waals surface area contributed by atoms with Crippen LogP contribution < -0.4 is 5.73 Å². The molecule has 18 heavy (non-hydrogen) atoms. The lowest BCUT2D eigenvalue weighted by molar-refractivity contribution is -0.139. The molecule has 0 bridgehead atoms. The maximum atomic E-state index is 12.6. The molecule has 0 unspecified atom stereocenters. The van der Waals surface area contributed by atoms with Gasteiger partial charge in [-0.3, -0.25) is 4.79 Å². The average molecular weight is 248 g/mol. The topological polar surface area (TPSA) is 64.2 Å². The van der Waals surface area contributed by atoms with Crippen LogP contribution in [0.1, 0.15) is 37.9 Å². The molecule has 0 atom stereocenters. The fourth-order valence-corrected chi connectivity index (χ4v) is 3.06. The number of nitrogens with two attached hydrogens (primary N) is 1. The predicted molar refractivity (Wildman–Crippen MR) is 67.6 cm³/mol. The van der Waals surface area contributed by atoms with Gasteiger partial charge in [0, 0.05) is 25.5 Å². The maximum Gasteiger partial charge on any atom is 0.243 e. The highest BCUT2D eigenvalue weighted by atomic mass is 16.2. The van der Waals surface area contributed by atoms with Crippen LogP contribution >= 0.6 is 0 Å². The summed E-state index contributed by atoms with van der Waals surface area (Å²) in [6.07, 6.45) is 8.78. The Morgan fingerprint density at radius 3 is 2.83 bits per heavy atom. The molecule has 1 amide bonds. The summed E-state index contributed by atoms with van der Waals surface area (Å²) in [4.78, 5) is 18.7. The van der Waals surface area contributed by atoms with Crippen molar-refractivity contribution in [2.75, 3.05) is 6.54 Å². The fraction of sp³-hybridized carbons (Fsp3) is 0.692. The fourth-order valence-electron chi connectivity index (χ4n) is 3.06. The molecular formula is C13H20N4O. The zero-order valence-corrected chi connectivity index (χ0v) is 10.6. The summed E-state index contributed by atoms with van der Waals surface area (Å²) in [5, 5.41) is 0. The van der Waals surface area contributed by atoms with Gasteiger partial charge in [-0.15, -0.1) is 0 Å². The van der Waals surface area contributed by atoms with Crippen LogP contribution in [0.3, 0.4) is 0 Å². The van der Waals surface area contributed by atoms with Crippen LogP contribution in [0, 0.1) is 0 Å². The third-order valence-electron chi connectivity index (χ3n) is 4.20. The summed E-state index contributed by atoms with van der Waals surface area (Å²) < 4.78 is 2.11. The zero-order valence-electron chi connectivity index (χ0n) is 10.6. The van der Waals surface area contributed by atoms with Crippen LogP contribution in [0.4, 0.5) is 0 Å². The van der Waals surface area contributed by atoms with Crippen LogP contribution in [0.25, 0.3) is 0 Å². The van der Waals surface area contributed by atoms with E-state index in [1.54, 1.807) is 6.20 Å². The number of carbonyl (C=O) groups is 1. The van der Waals surface area contributed by atoms with Crippen LogP contribution in [0.2, 0.25) is 0 Å². The normalized spacial score (nSPS) is 22.6. The summed E-state index contributed by atoms with van der Waals surface area (Å²) in [5.74, 6) is 1.09. The van der Waals surface area contributed by atoms with Gasteiger partial charge < -0.3 is 15.2 Å². The van der Waals surface area contributed by atoms with Gasteiger partial charge in [-0.05, 0) is 12.8 Å². The summed E-state index contributed by atoms with van der Waals surface area (Å²) >= 11 is 0. The molecule has 0 spiro atoms. The van der Waals surface area contributed by atoms with Gasteiger partial charge in [-0.2, -0.15) is 0 Å². The molecule has 1 saturated carbocycles. The quantitative estimate of drug-likeness (QED) is 0.802. The van der Waals surface area contributed by atoms with Crippen molar-refractivity contribution in [3.8, 4) is 0 Å². The van der Waals surface area contributed by atoms with E-state index >= 15 is 0 Å². The number of carbonyl (C=O) groups excluding carboxylic acids is 1. The predicted octanol–water partition coefficient (Wildman–Crippen LogP) is 0.887. The van der Waals surface area contributed by atoms with Crippen molar-refractivity contribution < 1.29 is 4.79 Å². The Bertz CT molecular complexity index is 448. The molecule has 0 saturated heterocycles. The molecular weight excluding hydrogens is 228 g/mol. The summed E-state index contributed by atoms with van der Waals surface area (Å²) in [6.45, 7) is 2.18. The highest BCUT2D eigenvalue weighted by Gasteiger charge is 2.39. The van der Waals surface area contributed by atoms with Gasteiger partial charge in [0.2, 0.25) is 5.91 Å². The molecule has 2 heterocycles. The van der Waals surface area contributed by atoms with Crippen molar-refractivity contribution in [2.45, 2.75) is 50.7 Å². The first-order valence-electron chi connectivity index (χ1n) is 6.77. The van der Waals surface area contributed by atoms with Gasteiger partial charge in [0.1, 0.15) is 5.82 Å². The van der Waals surface area contributed by atoms with Gasteiger partial charge in [0.05, 0.1) is 12.1 Å². The van der Waals surface area contributed by atoms with Crippen LogP contribution in [0.5, 0.6) is 0 Å². The van der Waals surface area contributed by atoms with Crippen LogP contribution in [0.15, 0.2) is 12.4 Å². The molecule has 2 aliphatic rings. The molecule has 1 aromatic heterocycles. The van der Waals surface area contributed by atoms with E-state index in [0.717, 1.165) is 44.6 Å². The molecule has 1 fully saturated rings. The molecule has 3 rings (SSSR count). The maximum absolute atomic E-state index is 12.6. The smallest absolute Gasteiger partial charge is 0.243 e. The minimum absolute atomic E-state index is 0.122. The molecule has 2 N–H and O–H groups in total. The number of imidazole rings is 1. The van der Waals surface area contributed by atoms with Crippen LogP contribution in [-0.2, 0) is 17.9 Å². The van der Waals surface area contributed by atoms with Crippen LogP contribution in [-0.4, -0.2) is 32.4 Å². The summed E-state index contributed by atoms with van der Waals surface area (Å²) in [6, 6.07) is 0. The number of hydrogen-bond acceptors (Lipinski definition) is 3.